The molecule has 0 aliphatic carbocycles. The Bertz CT molecular complexity index is 656. The van der Waals surface area contributed by atoms with Crippen LogP contribution in [0.15, 0.2) is 47.7 Å². The molecule has 0 amide bonds. The lowest BCUT2D eigenvalue weighted by Gasteiger charge is -2.12. The molecule has 110 valence electrons. The second-order valence-corrected chi connectivity index (χ2v) is 3.94. The Labute approximate surface area is 116 Å². The minimum absolute atomic E-state index is 0.290. The maximum atomic E-state index is 13.9. The number of nitrogens with one attached hydrogen (secondary N) is 1. The predicted molar refractivity (Wildman–Crippen MR) is 66.8 cm³/mol. The Morgan fingerprint density at radius 3 is 2.38 bits per heavy atom. The number of hydroxylamine groups is 1. The van der Waals surface area contributed by atoms with Crippen LogP contribution < -0.4 is 5.48 Å². The minimum Gasteiger partial charge on any atom is -0.290 e. The fourth-order valence-electron chi connectivity index (χ4n) is 1.63. The highest BCUT2D eigenvalue weighted by atomic mass is 19.4. The van der Waals surface area contributed by atoms with Gasteiger partial charge in [0.25, 0.3) is 0 Å². The van der Waals surface area contributed by atoms with Crippen LogP contribution in [0, 0.1) is 5.82 Å². The molecular weight excluding hydrogens is 290 g/mol. The smallest absolute Gasteiger partial charge is 0.290 e. The van der Waals surface area contributed by atoms with Crippen molar-refractivity contribution in [3.63, 3.8) is 0 Å². The molecule has 2 rings (SSSR count). The van der Waals surface area contributed by atoms with E-state index in [-0.39, 0.29) is 0 Å². The van der Waals surface area contributed by atoms with Gasteiger partial charge in [0.2, 0.25) is 0 Å². The molecule has 1 aromatic carbocycles. The molecule has 1 aromatic heterocycles. The lowest BCUT2D eigenvalue weighted by molar-refractivity contribution is -0.140. The van der Waals surface area contributed by atoms with Gasteiger partial charge in [0.05, 0.1) is 16.8 Å². The molecule has 0 radical (unpaired) electrons. The molecule has 2 aromatic rings. The summed E-state index contributed by atoms with van der Waals surface area (Å²) in [6.45, 7) is 0. The molecule has 2 N–H and O–H groups in total. The highest BCUT2D eigenvalue weighted by molar-refractivity contribution is 5.99. The first-order valence-corrected chi connectivity index (χ1v) is 5.68. The van der Waals surface area contributed by atoms with Gasteiger partial charge < -0.3 is 0 Å². The first kappa shape index (κ1) is 14.9. The number of hydrogen-bond donors (Lipinski definition) is 2. The van der Waals surface area contributed by atoms with E-state index < -0.39 is 29.0 Å². The summed E-state index contributed by atoms with van der Waals surface area (Å²) in [5.41, 5.74) is -0.0302. The highest BCUT2D eigenvalue weighted by Crippen LogP contribution is 2.32. The lowest BCUT2D eigenvalue weighted by atomic mass is 10.1. The Hall–Kier alpha value is -2.48. The lowest BCUT2D eigenvalue weighted by Crippen LogP contribution is -2.23. The maximum Gasteiger partial charge on any atom is 0.419 e. The van der Waals surface area contributed by atoms with E-state index in [0.717, 1.165) is 12.1 Å². The van der Waals surface area contributed by atoms with E-state index in [2.05, 4.69) is 9.98 Å². The van der Waals surface area contributed by atoms with Gasteiger partial charge in [-0.15, -0.1) is 0 Å². The molecule has 0 saturated carbocycles. The van der Waals surface area contributed by atoms with E-state index in [9.17, 15) is 17.6 Å². The van der Waals surface area contributed by atoms with Crippen molar-refractivity contribution in [2.45, 2.75) is 6.18 Å². The summed E-state index contributed by atoms with van der Waals surface area (Å²) in [5.74, 6) is -1.95. The molecule has 1 heterocycles. The number of halogens is 4. The zero-order valence-electron chi connectivity index (χ0n) is 10.4. The van der Waals surface area contributed by atoms with Gasteiger partial charge in [0.1, 0.15) is 5.82 Å². The van der Waals surface area contributed by atoms with Gasteiger partial charge in [-0.2, -0.15) is 13.2 Å². The summed E-state index contributed by atoms with van der Waals surface area (Å²) in [6.07, 6.45) is -2.04. The van der Waals surface area contributed by atoms with Crippen molar-refractivity contribution in [1.29, 1.82) is 0 Å². The monoisotopic (exact) mass is 299 g/mol. The van der Waals surface area contributed by atoms with Gasteiger partial charge in [0, 0.05) is 12.4 Å². The number of nitrogens with zero attached hydrogens (tertiary/aromatic N) is 2. The fourth-order valence-corrected chi connectivity index (χ4v) is 1.63. The quantitative estimate of drug-likeness (QED) is 0.387. The SMILES string of the molecule is ONC(=Nc1ccncc1)c1cccc(C(F)(F)F)c1F. The zero-order valence-corrected chi connectivity index (χ0v) is 10.4. The highest BCUT2D eigenvalue weighted by Gasteiger charge is 2.35. The number of aliphatic imine (C=N–C) groups is 1. The average molecular weight is 299 g/mol. The summed E-state index contributed by atoms with van der Waals surface area (Å²) >= 11 is 0. The average Bonchev–Trinajstić information content (AvgIpc) is 2.45. The fraction of sp³-hybridized carbons (Fsp3) is 0.0769. The third kappa shape index (κ3) is 3.34. The summed E-state index contributed by atoms with van der Waals surface area (Å²) < 4.78 is 51.9. The van der Waals surface area contributed by atoms with Crippen molar-refractivity contribution < 1.29 is 22.8 Å². The largest absolute Gasteiger partial charge is 0.419 e. The van der Waals surface area contributed by atoms with Gasteiger partial charge >= 0.3 is 6.18 Å². The number of amidine groups is 1. The maximum absolute atomic E-state index is 13.9. The summed E-state index contributed by atoms with van der Waals surface area (Å²) in [5, 5.41) is 9.01. The standard InChI is InChI=1S/C13H9F4N3O/c14-11-9(2-1-3-10(11)13(15,16)17)12(20-21)19-8-4-6-18-7-5-8/h1-7,21H,(H,18,19,20). The molecule has 0 fully saturated rings. The number of alkyl halides is 3. The van der Waals surface area contributed by atoms with E-state index in [1.165, 1.54) is 24.5 Å². The number of rotatable bonds is 2. The van der Waals surface area contributed by atoms with Gasteiger partial charge in [-0.25, -0.2) is 9.38 Å². The number of aromatic nitrogens is 1. The van der Waals surface area contributed by atoms with Crippen molar-refractivity contribution in [3.8, 4) is 0 Å². The normalized spacial score (nSPS) is 12.3. The second kappa shape index (κ2) is 5.88. The van der Waals surface area contributed by atoms with E-state index >= 15 is 0 Å². The van der Waals surface area contributed by atoms with Crippen LogP contribution in [0.2, 0.25) is 0 Å². The van der Waals surface area contributed by atoms with Crippen LogP contribution in [0.4, 0.5) is 23.2 Å². The van der Waals surface area contributed by atoms with E-state index in [1.807, 2.05) is 0 Å². The minimum atomic E-state index is -4.84. The van der Waals surface area contributed by atoms with Crippen LogP contribution in [0.3, 0.4) is 0 Å². The Balaban J connectivity index is 2.52. The molecule has 8 heteroatoms. The van der Waals surface area contributed by atoms with Crippen LogP contribution in [0.5, 0.6) is 0 Å². The zero-order chi connectivity index (χ0) is 15.5. The first-order valence-electron chi connectivity index (χ1n) is 5.68. The molecule has 0 bridgehead atoms. The molecule has 4 nitrogen and oxygen atoms in total. The summed E-state index contributed by atoms with van der Waals surface area (Å²) in [6, 6.07) is 5.61. The van der Waals surface area contributed by atoms with Crippen LogP contribution in [0.25, 0.3) is 0 Å². The number of benzene rings is 1. The van der Waals surface area contributed by atoms with Gasteiger partial charge in [-0.3, -0.25) is 15.7 Å². The molecule has 0 atom stereocenters. The third-order valence-electron chi connectivity index (χ3n) is 2.57. The molecule has 0 aliphatic rings. The predicted octanol–water partition coefficient (Wildman–Crippen LogP) is 3.30. The Morgan fingerprint density at radius 1 is 1.14 bits per heavy atom. The molecule has 0 spiro atoms. The van der Waals surface area contributed by atoms with Crippen molar-refractivity contribution >= 4 is 11.5 Å². The Kier molecular flexibility index (Phi) is 4.18. The van der Waals surface area contributed by atoms with Gasteiger partial charge in [0.15, 0.2) is 5.84 Å². The van der Waals surface area contributed by atoms with Crippen LogP contribution >= 0.6 is 0 Å². The van der Waals surface area contributed by atoms with Crippen molar-refractivity contribution in [1.82, 2.24) is 10.5 Å². The van der Waals surface area contributed by atoms with Crippen molar-refractivity contribution in [3.05, 3.63) is 59.7 Å². The first-order chi connectivity index (χ1) is 9.93. The van der Waals surface area contributed by atoms with E-state index in [0.29, 0.717) is 11.8 Å². The van der Waals surface area contributed by atoms with Gasteiger partial charge in [-0.05, 0) is 24.3 Å². The van der Waals surface area contributed by atoms with Crippen LogP contribution in [-0.4, -0.2) is 16.0 Å². The molecule has 0 aliphatic heterocycles. The molecule has 0 unspecified atom stereocenters. The van der Waals surface area contributed by atoms with Gasteiger partial charge in [-0.1, -0.05) is 6.07 Å². The number of hydrogen-bond acceptors (Lipinski definition) is 3. The summed E-state index contributed by atoms with van der Waals surface area (Å²) in [7, 11) is 0. The molecule has 21 heavy (non-hydrogen) atoms. The van der Waals surface area contributed by atoms with Crippen molar-refractivity contribution in [2.75, 3.05) is 0 Å². The van der Waals surface area contributed by atoms with E-state index in [4.69, 9.17) is 5.21 Å². The van der Waals surface area contributed by atoms with Crippen molar-refractivity contribution in [2.24, 2.45) is 4.99 Å². The van der Waals surface area contributed by atoms with Crippen LogP contribution in [0.1, 0.15) is 11.1 Å². The van der Waals surface area contributed by atoms with E-state index in [1.54, 1.807) is 5.48 Å². The summed E-state index contributed by atoms with van der Waals surface area (Å²) in [4.78, 5) is 7.58. The number of pyridine rings is 1. The third-order valence-corrected chi connectivity index (χ3v) is 2.57. The Morgan fingerprint density at radius 2 is 1.81 bits per heavy atom. The molecular formula is C13H9F4N3O. The molecule has 0 saturated heterocycles. The topological polar surface area (TPSA) is 57.5 Å². The second-order valence-electron chi connectivity index (χ2n) is 3.94. The van der Waals surface area contributed by atoms with Crippen LogP contribution in [-0.2, 0) is 6.18 Å².